The summed E-state index contributed by atoms with van der Waals surface area (Å²) in [6, 6.07) is 4.17. The van der Waals surface area contributed by atoms with Crippen molar-refractivity contribution in [2.24, 2.45) is 0 Å². The third kappa shape index (κ3) is 3.30. The summed E-state index contributed by atoms with van der Waals surface area (Å²) in [7, 11) is 1.34. The Hall–Kier alpha value is -1.89. The number of ether oxygens (including phenoxy) is 1. The summed E-state index contributed by atoms with van der Waals surface area (Å²) in [4.78, 5) is 21.8. The maximum Gasteiger partial charge on any atom is 0.312 e. The second-order valence-electron chi connectivity index (χ2n) is 3.34. The summed E-state index contributed by atoms with van der Waals surface area (Å²) in [5.41, 5.74) is 0.433. The van der Waals surface area contributed by atoms with E-state index in [1.54, 1.807) is 0 Å². The molecule has 0 radical (unpaired) electrons. The zero-order chi connectivity index (χ0) is 13.7. The smallest absolute Gasteiger partial charge is 0.312 e. The number of nitrogens with zero attached hydrogens (tertiary/aromatic N) is 1. The van der Waals surface area contributed by atoms with Crippen LogP contribution in [0.5, 0.6) is 5.75 Å². The standard InChI is InChI=1S/C11H11BrN2O4/c1-7(6-12)11(15)13-8-3-4-10(18-2)9(5-8)14(16)17/h3-5H,1,6H2,2H3,(H,13,15). The highest BCUT2D eigenvalue weighted by Gasteiger charge is 2.16. The van der Waals surface area contributed by atoms with E-state index in [9.17, 15) is 14.9 Å². The van der Waals surface area contributed by atoms with Gasteiger partial charge in [0.25, 0.3) is 5.91 Å². The van der Waals surface area contributed by atoms with Crippen LogP contribution in [-0.2, 0) is 4.79 Å². The van der Waals surface area contributed by atoms with Crippen LogP contribution >= 0.6 is 15.9 Å². The van der Waals surface area contributed by atoms with E-state index >= 15 is 0 Å². The minimum absolute atomic E-state index is 0.136. The molecular formula is C11H11BrN2O4. The number of hydrogen-bond acceptors (Lipinski definition) is 4. The van der Waals surface area contributed by atoms with Crippen molar-refractivity contribution < 1.29 is 14.5 Å². The summed E-state index contributed by atoms with van der Waals surface area (Å²) >= 11 is 3.10. The first kappa shape index (κ1) is 14.2. The number of carbonyl (C=O) groups excluding carboxylic acids is 1. The number of carbonyl (C=O) groups is 1. The predicted molar refractivity (Wildman–Crippen MR) is 71.2 cm³/mol. The molecule has 0 fully saturated rings. The van der Waals surface area contributed by atoms with Gasteiger partial charge in [-0.25, -0.2) is 0 Å². The van der Waals surface area contributed by atoms with E-state index in [2.05, 4.69) is 27.8 Å². The van der Waals surface area contributed by atoms with Crippen molar-refractivity contribution in [2.45, 2.75) is 0 Å². The van der Waals surface area contributed by atoms with Crippen LogP contribution in [0.4, 0.5) is 11.4 Å². The topological polar surface area (TPSA) is 81.5 Å². The molecule has 0 aliphatic rings. The van der Waals surface area contributed by atoms with Gasteiger partial charge in [0.1, 0.15) is 0 Å². The summed E-state index contributed by atoms with van der Waals surface area (Å²) in [5, 5.41) is 13.6. The minimum atomic E-state index is -0.576. The van der Waals surface area contributed by atoms with E-state index in [1.165, 1.54) is 25.3 Å². The number of methoxy groups -OCH3 is 1. The molecule has 1 N–H and O–H groups in total. The lowest BCUT2D eigenvalue weighted by Gasteiger charge is -2.07. The molecule has 1 amide bonds. The van der Waals surface area contributed by atoms with Gasteiger partial charge >= 0.3 is 5.69 Å². The molecule has 0 saturated heterocycles. The maximum absolute atomic E-state index is 11.5. The fraction of sp³-hybridized carbons (Fsp3) is 0.182. The Kier molecular flexibility index (Phi) is 4.85. The number of nitro benzene ring substituents is 1. The number of amides is 1. The summed E-state index contributed by atoms with van der Waals surface area (Å²) in [6.45, 7) is 3.54. The van der Waals surface area contributed by atoms with Gasteiger partial charge in [-0.3, -0.25) is 14.9 Å². The van der Waals surface area contributed by atoms with Gasteiger partial charge < -0.3 is 10.1 Å². The molecule has 1 rings (SSSR count). The lowest BCUT2D eigenvalue weighted by Crippen LogP contribution is -2.14. The van der Waals surface area contributed by atoms with Gasteiger partial charge in [-0.15, -0.1) is 0 Å². The molecule has 1 aromatic carbocycles. The highest BCUT2D eigenvalue weighted by atomic mass is 79.9. The van der Waals surface area contributed by atoms with Crippen molar-refractivity contribution in [1.82, 2.24) is 0 Å². The highest BCUT2D eigenvalue weighted by molar-refractivity contribution is 9.09. The first-order chi connectivity index (χ1) is 8.49. The molecule has 7 heteroatoms. The number of anilines is 1. The second kappa shape index (κ2) is 6.15. The average Bonchev–Trinajstić information content (AvgIpc) is 2.37. The normalized spacial score (nSPS) is 9.67. The van der Waals surface area contributed by atoms with Crippen LogP contribution in [0.2, 0.25) is 0 Å². The van der Waals surface area contributed by atoms with Crippen LogP contribution in [-0.4, -0.2) is 23.3 Å². The van der Waals surface area contributed by atoms with Crippen molar-refractivity contribution >= 4 is 33.2 Å². The number of hydrogen-bond donors (Lipinski definition) is 1. The van der Waals surface area contributed by atoms with E-state index in [0.29, 0.717) is 16.6 Å². The SMILES string of the molecule is C=C(CBr)C(=O)Nc1ccc(OC)c([N+](=O)[O-])c1. The predicted octanol–water partition coefficient (Wildman–Crippen LogP) is 2.49. The number of alkyl halides is 1. The van der Waals surface area contributed by atoms with Crippen LogP contribution < -0.4 is 10.1 Å². The van der Waals surface area contributed by atoms with Crippen LogP contribution in [0.25, 0.3) is 0 Å². The molecule has 96 valence electrons. The Bertz CT molecular complexity index is 502. The van der Waals surface area contributed by atoms with Crippen molar-refractivity contribution in [2.75, 3.05) is 17.8 Å². The Morgan fingerprint density at radius 3 is 2.78 bits per heavy atom. The van der Waals surface area contributed by atoms with Crippen molar-refractivity contribution in [3.05, 3.63) is 40.5 Å². The van der Waals surface area contributed by atoms with Crippen molar-refractivity contribution in [3.63, 3.8) is 0 Å². The van der Waals surface area contributed by atoms with Gasteiger partial charge in [-0.1, -0.05) is 22.5 Å². The van der Waals surface area contributed by atoms with Gasteiger partial charge in [-0.05, 0) is 12.1 Å². The first-order valence-corrected chi connectivity index (χ1v) is 5.99. The van der Waals surface area contributed by atoms with E-state index in [0.717, 1.165) is 0 Å². The molecule has 0 aliphatic heterocycles. The molecule has 6 nitrogen and oxygen atoms in total. The van der Waals surface area contributed by atoms with Gasteiger partial charge in [-0.2, -0.15) is 0 Å². The van der Waals surface area contributed by atoms with E-state index in [4.69, 9.17) is 4.74 Å². The highest BCUT2D eigenvalue weighted by Crippen LogP contribution is 2.29. The third-order valence-corrected chi connectivity index (χ3v) is 2.79. The van der Waals surface area contributed by atoms with Crippen LogP contribution in [0.1, 0.15) is 0 Å². The summed E-state index contributed by atoms with van der Waals surface area (Å²) in [5.74, 6) is -0.261. The Morgan fingerprint density at radius 2 is 2.28 bits per heavy atom. The molecule has 1 aromatic rings. The molecule has 0 bridgehead atoms. The zero-order valence-electron chi connectivity index (χ0n) is 9.60. The molecule has 18 heavy (non-hydrogen) atoms. The lowest BCUT2D eigenvalue weighted by atomic mass is 10.2. The number of halogens is 1. The van der Waals surface area contributed by atoms with Crippen LogP contribution in [0.3, 0.4) is 0 Å². The third-order valence-electron chi connectivity index (χ3n) is 2.12. The van der Waals surface area contributed by atoms with Gasteiger partial charge in [0.05, 0.1) is 12.0 Å². The molecule has 0 aliphatic carbocycles. The number of nitro groups is 1. The number of rotatable bonds is 5. The van der Waals surface area contributed by atoms with E-state index in [1.807, 2.05) is 0 Å². The molecule has 0 atom stereocenters. The molecular weight excluding hydrogens is 304 g/mol. The van der Waals surface area contributed by atoms with Crippen molar-refractivity contribution in [3.8, 4) is 5.75 Å². The largest absolute Gasteiger partial charge is 0.490 e. The van der Waals surface area contributed by atoms with E-state index in [-0.39, 0.29) is 11.4 Å². The van der Waals surface area contributed by atoms with Gasteiger partial charge in [0.2, 0.25) is 0 Å². The summed E-state index contributed by atoms with van der Waals surface area (Å²) < 4.78 is 4.86. The number of nitrogens with one attached hydrogen (secondary N) is 1. The minimum Gasteiger partial charge on any atom is -0.490 e. The molecule has 0 unspecified atom stereocenters. The van der Waals surface area contributed by atoms with Gasteiger partial charge in [0.15, 0.2) is 5.75 Å². The monoisotopic (exact) mass is 314 g/mol. The Labute approximate surface area is 112 Å². The summed E-state index contributed by atoms with van der Waals surface area (Å²) in [6.07, 6.45) is 0. The Morgan fingerprint density at radius 1 is 1.61 bits per heavy atom. The van der Waals surface area contributed by atoms with Crippen LogP contribution in [0.15, 0.2) is 30.4 Å². The molecule has 0 heterocycles. The Balaban J connectivity index is 2.99. The molecule has 0 spiro atoms. The first-order valence-electron chi connectivity index (χ1n) is 4.87. The lowest BCUT2D eigenvalue weighted by molar-refractivity contribution is -0.385. The quantitative estimate of drug-likeness (QED) is 0.392. The molecule has 0 saturated carbocycles. The number of benzene rings is 1. The van der Waals surface area contributed by atoms with Crippen molar-refractivity contribution in [1.29, 1.82) is 0 Å². The van der Waals surface area contributed by atoms with E-state index < -0.39 is 10.8 Å². The maximum atomic E-state index is 11.5. The average molecular weight is 315 g/mol. The van der Waals surface area contributed by atoms with Gasteiger partial charge in [0, 0.05) is 22.7 Å². The fourth-order valence-electron chi connectivity index (χ4n) is 1.19. The van der Waals surface area contributed by atoms with Crippen LogP contribution in [0, 0.1) is 10.1 Å². The zero-order valence-corrected chi connectivity index (χ0v) is 11.2. The second-order valence-corrected chi connectivity index (χ2v) is 3.90. The fourth-order valence-corrected chi connectivity index (χ4v) is 1.45. The molecule has 0 aromatic heterocycles.